The van der Waals surface area contributed by atoms with Gasteiger partial charge in [-0.15, -0.1) is 0 Å². The van der Waals surface area contributed by atoms with Gasteiger partial charge >= 0.3 is 4.87 Å². The van der Waals surface area contributed by atoms with E-state index in [0.717, 1.165) is 16.1 Å². The van der Waals surface area contributed by atoms with Gasteiger partial charge in [-0.2, -0.15) is 0 Å². The Balaban J connectivity index is 2.34. The van der Waals surface area contributed by atoms with Crippen molar-refractivity contribution in [2.24, 2.45) is 0 Å². The van der Waals surface area contributed by atoms with Gasteiger partial charge in [0.05, 0.1) is 6.54 Å². The number of hydrogen-bond donors (Lipinski definition) is 0. The highest BCUT2D eigenvalue weighted by Gasteiger charge is 2.07. The molecule has 0 N–H and O–H groups in total. The zero-order valence-electron chi connectivity index (χ0n) is 9.16. The Labute approximate surface area is 97.0 Å². The van der Waals surface area contributed by atoms with Crippen LogP contribution in [0.2, 0.25) is 0 Å². The maximum absolute atomic E-state index is 12.7. The largest absolute Gasteiger partial charge is 0.307 e. The molecule has 1 heterocycles. The van der Waals surface area contributed by atoms with Gasteiger partial charge in [0.1, 0.15) is 5.82 Å². The van der Waals surface area contributed by atoms with Gasteiger partial charge in [0, 0.05) is 10.6 Å². The van der Waals surface area contributed by atoms with Gasteiger partial charge in [0.2, 0.25) is 0 Å². The first-order chi connectivity index (χ1) is 7.58. The Morgan fingerprint density at radius 2 is 1.88 bits per heavy atom. The second kappa shape index (κ2) is 4.22. The van der Waals surface area contributed by atoms with Crippen LogP contribution < -0.4 is 4.87 Å². The maximum Gasteiger partial charge on any atom is 0.307 e. The Kier molecular flexibility index (Phi) is 2.92. The van der Waals surface area contributed by atoms with E-state index < -0.39 is 0 Å². The SMILES string of the molecule is Cc1sc(=O)n(Cc2ccc(F)cc2)c1C. The molecule has 84 valence electrons. The highest BCUT2D eigenvalue weighted by atomic mass is 32.1. The van der Waals surface area contributed by atoms with Crippen LogP contribution in [0, 0.1) is 19.7 Å². The van der Waals surface area contributed by atoms with E-state index >= 15 is 0 Å². The molecule has 4 heteroatoms. The zero-order valence-corrected chi connectivity index (χ0v) is 9.97. The van der Waals surface area contributed by atoms with Crippen molar-refractivity contribution in [3.05, 3.63) is 55.9 Å². The number of nitrogens with zero attached hydrogens (tertiary/aromatic N) is 1. The second-order valence-corrected chi connectivity index (χ2v) is 4.89. The molecule has 2 nitrogen and oxygen atoms in total. The zero-order chi connectivity index (χ0) is 11.7. The van der Waals surface area contributed by atoms with Crippen LogP contribution in [0.3, 0.4) is 0 Å². The van der Waals surface area contributed by atoms with Gasteiger partial charge < -0.3 is 0 Å². The van der Waals surface area contributed by atoms with Crippen molar-refractivity contribution in [2.45, 2.75) is 20.4 Å². The number of rotatable bonds is 2. The number of halogens is 1. The number of aryl methyl sites for hydroxylation is 1. The number of benzene rings is 1. The molecule has 0 saturated heterocycles. The van der Waals surface area contributed by atoms with Gasteiger partial charge in [-0.3, -0.25) is 9.36 Å². The molecule has 0 fully saturated rings. The molecule has 0 saturated carbocycles. The van der Waals surface area contributed by atoms with Crippen LogP contribution in [0.25, 0.3) is 0 Å². The van der Waals surface area contributed by atoms with Crippen LogP contribution in [-0.4, -0.2) is 4.57 Å². The fraction of sp³-hybridized carbons (Fsp3) is 0.250. The molecule has 0 amide bonds. The van der Waals surface area contributed by atoms with Crippen LogP contribution in [0.5, 0.6) is 0 Å². The molecule has 1 aromatic carbocycles. The molecule has 0 radical (unpaired) electrons. The summed E-state index contributed by atoms with van der Waals surface area (Å²) < 4.78 is 14.4. The number of hydrogen-bond acceptors (Lipinski definition) is 2. The third-order valence-electron chi connectivity index (χ3n) is 2.63. The lowest BCUT2D eigenvalue weighted by Gasteiger charge is -2.04. The minimum atomic E-state index is -0.255. The van der Waals surface area contributed by atoms with Gasteiger partial charge in [-0.25, -0.2) is 4.39 Å². The summed E-state index contributed by atoms with van der Waals surface area (Å²) in [7, 11) is 0. The fourth-order valence-corrected chi connectivity index (χ4v) is 2.37. The summed E-state index contributed by atoms with van der Waals surface area (Å²) in [6, 6.07) is 6.23. The van der Waals surface area contributed by atoms with Gasteiger partial charge in [-0.1, -0.05) is 23.5 Å². The van der Waals surface area contributed by atoms with E-state index in [1.807, 2.05) is 13.8 Å². The summed E-state index contributed by atoms with van der Waals surface area (Å²) in [6.07, 6.45) is 0. The molecule has 16 heavy (non-hydrogen) atoms. The van der Waals surface area contributed by atoms with Crippen molar-refractivity contribution in [1.29, 1.82) is 0 Å². The van der Waals surface area contributed by atoms with Crippen LogP contribution >= 0.6 is 11.3 Å². The summed E-state index contributed by atoms with van der Waals surface area (Å²) in [5.74, 6) is -0.255. The normalized spacial score (nSPS) is 10.7. The number of thiazole rings is 1. The van der Waals surface area contributed by atoms with Crippen molar-refractivity contribution < 1.29 is 4.39 Å². The van der Waals surface area contributed by atoms with Crippen LogP contribution in [0.15, 0.2) is 29.1 Å². The van der Waals surface area contributed by atoms with E-state index in [2.05, 4.69) is 0 Å². The Hall–Kier alpha value is -1.42. The molecule has 0 spiro atoms. The quantitative estimate of drug-likeness (QED) is 0.787. The molecule has 0 aliphatic rings. The molecule has 2 aromatic rings. The Morgan fingerprint density at radius 1 is 1.25 bits per heavy atom. The van der Waals surface area contributed by atoms with E-state index in [4.69, 9.17) is 0 Å². The van der Waals surface area contributed by atoms with Crippen molar-refractivity contribution in [2.75, 3.05) is 0 Å². The highest BCUT2D eigenvalue weighted by Crippen LogP contribution is 2.12. The van der Waals surface area contributed by atoms with E-state index in [0.29, 0.717) is 6.54 Å². The first kappa shape index (κ1) is 11.1. The van der Waals surface area contributed by atoms with Crippen LogP contribution in [0.1, 0.15) is 16.1 Å². The topological polar surface area (TPSA) is 22.0 Å². The van der Waals surface area contributed by atoms with E-state index in [1.54, 1.807) is 16.7 Å². The molecule has 0 unspecified atom stereocenters. The fourth-order valence-electron chi connectivity index (χ4n) is 1.54. The third kappa shape index (κ3) is 2.07. The predicted octanol–water partition coefficient (Wildman–Crippen LogP) is 2.71. The standard InChI is InChI=1S/C12H12FNOS/c1-8-9(2)16-12(15)14(8)7-10-3-5-11(13)6-4-10/h3-6H,7H2,1-2H3. The Morgan fingerprint density at radius 3 is 2.38 bits per heavy atom. The summed E-state index contributed by atoms with van der Waals surface area (Å²) >= 11 is 1.25. The summed E-state index contributed by atoms with van der Waals surface area (Å²) in [5.41, 5.74) is 1.92. The van der Waals surface area contributed by atoms with Crippen LogP contribution in [-0.2, 0) is 6.54 Å². The van der Waals surface area contributed by atoms with Gasteiger partial charge in [-0.05, 0) is 31.5 Å². The van der Waals surface area contributed by atoms with E-state index in [9.17, 15) is 9.18 Å². The third-order valence-corrected chi connectivity index (χ3v) is 3.63. The van der Waals surface area contributed by atoms with E-state index in [-0.39, 0.29) is 10.7 Å². The first-order valence-corrected chi connectivity index (χ1v) is 5.81. The summed E-state index contributed by atoms with van der Waals surface area (Å²) in [4.78, 5) is 12.7. The highest BCUT2D eigenvalue weighted by molar-refractivity contribution is 7.09. The van der Waals surface area contributed by atoms with Crippen molar-refractivity contribution in [3.63, 3.8) is 0 Å². The second-order valence-electron chi connectivity index (χ2n) is 3.72. The Bertz CT molecular complexity index is 553. The summed E-state index contributed by atoms with van der Waals surface area (Å²) in [6.45, 7) is 4.37. The molecule has 0 aliphatic heterocycles. The first-order valence-electron chi connectivity index (χ1n) is 4.99. The average molecular weight is 237 g/mol. The van der Waals surface area contributed by atoms with Crippen molar-refractivity contribution >= 4 is 11.3 Å². The van der Waals surface area contributed by atoms with Gasteiger partial charge in [0.25, 0.3) is 0 Å². The molecule has 0 atom stereocenters. The van der Waals surface area contributed by atoms with Crippen LogP contribution in [0.4, 0.5) is 4.39 Å². The lowest BCUT2D eigenvalue weighted by Crippen LogP contribution is -2.15. The average Bonchev–Trinajstić information content (AvgIpc) is 2.48. The minimum Gasteiger partial charge on any atom is -0.299 e. The van der Waals surface area contributed by atoms with Crippen molar-refractivity contribution in [3.8, 4) is 0 Å². The molecule has 1 aromatic heterocycles. The van der Waals surface area contributed by atoms with E-state index in [1.165, 1.54) is 23.5 Å². The maximum atomic E-state index is 12.7. The smallest absolute Gasteiger partial charge is 0.299 e. The molecule has 0 aliphatic carbocycles. The minimum absolute atomic E-state index is 0.0410. The molecular formula is C12H12FNOS. The molecule has 0 bridgehead atoms. The lowest BCUT2D eigenvalue weighted by atomic mass is 10.2. The predicted molar refractivity (Wildman–Crippen MR) is 63.6 cm³/mol. The van der Waals surface area contributed by atoms with Crippen molar-refractivity contribution in [1.82, 2.24) is 4.57 Å². The number of aromatic nitrogens is 1. The molecular weight excluding hydrogens is 225 g/mol. The molecule has 2 rings (SSSR count). The monoisotopic (exact) mass is 237 g/mol. The van der Waals surface area contributed by atoms with Gasteiger partial charge in [0.15, 0.2) is 0 Å². The lowest BCUT2D eigenvalue weighted by molar-refractivity contribution is 0.626. The summed E-state index contributed by atoms with van der Waals surface area (Å²) in [5, 5.41) is 0.